The van der Waals surface area contributed by atoms with Gasteiger partial charge in [0.25, 0.3) is 0 Å². The fourth-order valence-electron chi connectivity index (χ4n) is 1.25. The van der Waals surface area contributed by atoms with Crippen molar-refractivity contribution in [1.82, 2.24) is 0 Å². The minimum absolute atomic E-state index is 0.0765. The summed E-state index contributed by atoms with van der Waals surface area (Å²) in [6.07, 6.45) is 2.31. The monoisotopic (exact) mass is 204 g/mol. The molecule has 0 rings (SSSR count). The highest BCUT2D eigenvalue weighted by atomic mass is 19.1. The van der Waals surface area contributed by atoms with Crippen molar-refractivity contribution < 1.29 is 14.0 Å². The maximum atomic E-state index is 12.3. The first-order valence-corrected chi connectivity index (χ1v) is 4.68. The molecule has 1 unspecified atom stereocenters. The second-order valence-corrected chi connectivity index (χ2v) is 3.40. The summed E-state index contributed by atoms with van der Waals surface area (Å²) in [6.45, 7) is -0.542. The van der Waals surface area contributed by atoms with Gasteiger partial charge in [-0.15, -0.1) is 0 Å². The van der Waals surface area contributed by atoms with Crippen molar-refractivity contribution in [3.8, 4) is 0 Å². The summed E-state index contributed by atoms with van der Waals surface area (Å²) >= 11 is 0. The number of primary amides is 2. The van der Waals surface area contributed by atoms with Crippen molar-refractivity contribution >= 4 is 11.8 Å². The van der Waals surface area contributed by atoms with Gasteiger partial charge in [0, 0.05) is 12.8 Å². The second-order valence-electron chi connectivity index (χ2n) is 3.40. The topological polar surface area (TPSA) is 86.2 Å². The number of halogens is 1. The lowest BCUT2D eigenvalue weighted by atomic mass is 9.99. The summed E-state index contributed by atoms with van der Waals surface area (Å²) in [5, 5.41) is 0. The van der Waals surface area contributed by atoms with Crippen molar-refractivity contribution in [2.45, 2.75) is 32.1 Å². The molecule has 82 valence electrons. The fourth-order valence-corrected chi connectivity index (χ4v) is 1.25. The SMILES string of the molecule is NC(=O)CCCCC(CF)CC(N)=O. The first kappa shape index (κ1) is 12.9. The van der Waals surface area contributed by atoms with Crippen LogP contribution in [0.5, 0.6) is 0 Å². The summed E-state index contributed by atoms with van der Waals surface area (Å²) in [5.74, 6) is -1.14. The van der Waals surface area contributed by atoms with Crippen LogP contribution < -0.4 is 11.5 Å². The van der Waals surface area contributed by atoms with E-state index < -0.39 is 12.6 Å². The predicted molar refractivity (Wildman–Crippen MR) is 50.9 cm³/mol. The predicted octanol–water partition coefficient (Wildman–Crippen LogP) is 0.493. The van der Waals surface area contributed by atoms with E-state index in [-0.39, 0.29) is 18.2 Å². The molecular formula is C9H17FN2O2. The third-order valence-corrected chi connectivity index (χ3v) is 1.99. The molecule has 14 heavy (non-hydrogen) atoms. The van der Waals surface area contributed by atoms with Gasteiger partial charge in [-0.3, -0.25) is 14.0 Å². The third-order valence-electron chi connectivity index (χ3n) is 1.99. The van der Waals surface area contributed by atoms with E-state index in [0.29, 0.717) is 25.7 Å². The molecule has 0 aliphatic carbocycles. The number of alkyl halides is 1. The van der Waals surface area contributed by atoms with Crippen LogP contribution in [0.2, 0.25) is 0 Å². The molecule has 4 nitrogen and oxygen atoms in total. The van der Waals surface area contributed by atoms with Crippen molar-refractivity contribution in [3.63, 3.8) is 0 Å². The number of nitrogens with two attached hydrogens (primary N) is 2. The molecule has 0 aliphatic rings. The van der Waals surface area contributed by atoms with E-state index >= 15 is 0 Å². The van der Waals surface area contributed by atoms with Gasteiger partial charge in [0.05, 0.1) is 6.67 Å². The average Bonchev–Trinajstić information content (AvgIpc) is 2.09. The van der Waals surface area contributed by atoms with Gasteiger partial charge in [-0.2, -0.15) is 0 Å². The molecule has 5 heteroatoms. The zero-order valence-electron chi connectivity index (χ0n) is 8.17. The Hall–Kier alpha value is -1.13. The molecule has 1 atom stereocenters. The van der Waals surface area contributed by atoms with Crippen LogP contribution in [0.3, 0.4) is 0 Å². The number of rotatable bonds is 8. The number of unbranched alkanes of at least 4 members (excludes halogenated alkanes) is 1. The van der Waals surface area contributed by atoms with Gasteiger partial charge in [0.15, 0.2) is 0 Å². The Balaban J connectivity index is 3.52. The van der Waals surface area contributed by atoms with Gasteiger partial charge < -0.3 is 11.5 Å². The normalized spacial score (nSPS) is 12.4. The highest BCUT2D eigenvalue weighted by Gasteiger charge is 2.11. The molecule has 0 radical (unpaired) electrons. The van der Waals surface area contributed by atoms with Crippen molar-refractivity contribution in [2.24, 2.45) is 17.4 Å². The minimum atomic E-state index is -0.542. The Labute approximate surface area is 82.8 Å². The summed E-state index contributed by atoms with van der Waals surface area (Å²) in [4.78, 5) is 20.9. The first-order valence-electron chi connectivity index (χ1n) is 4.68. The molecule has 2 amide bonds. The van der Waals surface area contributed by atoms with E-state index in [4.69, 9.17) is 11.5 Å². The number of hydrogen-bond donors (Lipinski definition) is 2. The van der Waals surface area contributed by atoms with E-state index in [0.717, 1.165) is 0 Å². The Morgan fingerprint density at radius 2 is 1.79 bits per heavy atom. The maximum Gasteiger partial charge on any atom is 0.217 e. The molecular weight excluding hydrogens is 187 g/mol. The fraction of sp³-hybridized carbons (Fsp3) is 0.778. The van der Waals surface area contributed by atoms with Crippen molar-refractivity contribution in [3.05, 3.63) is 0 Å². The molecule has 0 aromatic rings. The van der Waals surface area contributed by atoms with Crippen LogP contribution in [0.4, 0.5) is 4.39 Å². The quantitative estimate of drug-likeness (QED) is 0.564. The van der Waals surface area contributed by atoms with Crippen LogP contribution in [0.15, 0.2) is 0 Å². The third kappa shape index (κ3) is 7.52. The Kier molecular flexibility index (Phi) is 6.70. The highest BCUT2D eigenvalue weighted by molar-refractivity contribution is 5.74. The van der Waals surface area contributed by atoms with Crippen LogP contribution in [0.1, 0.15) is 32.1 Å². The van der Waals surface area contributed by atoms with Crippen LogP contribution in [0.25, 0.3) is 0 Å². The molecule has 0 saturated heterocycles. The van der Waals surface area contributed by atoms with Crippen molar-refractivity contribution in [1.29, 1.82) is 0 Å². The number of carbonyl (C=O) groups excluding carboxylic acids is 2. The van der Waals surface area contributed by atoms with E-state index in [9.17, 15) is 14.0 Å². The van der Waals surface area contributed by atoms with E-state index in [2.05, 4.69) is 0 Å². The molecule has 4 N–H and O–H groups in total. The zero-order chi connectivity index (χ0) is 11.0. The molecule has 0 aliphatic heterocycles. The van der Waals surface area contributed by atoms with Gasteiger partial charge >= 0.3 is 0 Å². The molecule has 0 saturated carbocycles. The van der Waals surface area contributed by atoms with Crippen LogP contribution in [-0.2, 0) is 9.59 Å². The largest absolute Gasteiger partial charge is 0.370 e. The van der Waals surface area contributed by atoms with E-state index in [1.54, 1.807) is 0 Å². The minimum Gasteiger partial charge on any atom is -0.370 e. The number of amides is 2. The average molecular weight is 204 g/mol. The summed E-state index contributed by atoms with van der Waals surface area (Å²) < 4.78 is 12.3. The van der Waals surface area contributed by atoms with Gasteiger partial charge in [-0.25, -0.2) is 0 Å². The smallest absolute Gasteiger partial charge is 0.217 e. The molecule has 0 aromatic heterocycles. The van der Waals surface area contributed by atoms with Gasteiger partial charge in [0.1, 0.15) is 0 Å². The Morgan fingerprint density at radius 3 is 2.21 bits per heavy atom. The van der Waals surface area contributed by atoms with E-state index in [1.165, 1.54) is 0 Å². The van der Waals surface area contributed by atoms with Gasteiger partial charge in [-0.05, 0) is 18.8 Å². The molecule has 0 fully saturated rings. The molecule has 0 bridgehead atoms. The standard InChI is InChI=1S/C9H17FN2O2/c10-6-7(5-9(12)14)3-1-2-4-8(11)13/h7H,1-6H2,(H2,11,13)(H2,12,14). The lowest BCUT2D eigenvalue weighted by Gasteiger charge is -2.09. The van der Waals surface area contributed by atoms with Crippen LogP contribution in [0, 0.1) is 5.92 Å². The number of hydrogen-bond acceptors (Lipinski definition) is 2. The van der Waals surface area contributed by atoms with E-state index in [1.807, 2.05) is 0 Å². The Morgan fingerprint density at radius 1 is 1.14 bits per heavy atom. The Bertz CT molecular complexity index is 197. The lowest BCUT2D eigenvalue weighted by Crippen LogP contribution is -2.17. The summed E-state index contributed by atoms with van der Waals surface area (Å²) in [7, 11) is 0. The molecule has 0 spiro atoms. The van der Waals surface area contributed by atoms with Gasteiger partial charge in [0.2, 0.25) is 11.8 Å². The molecule has 0 aromatic carbocycles. The van der Waals surface area contributed by atoms with Crippen molar-refractivity contribution in [2.75, 3.05) is 6.67 Å². The van der Waals surface area contributed by atoms with Crippen LogP contribution in [-0.4, -0.2) is 18.5 Å². The molecule has 0 heterocycles. The lowest BCUT2D eigenvalue weighted by molar-refractivity contribution is -0.119. The maximum absolute atomic E-state index is 12.3. The van der Waals surface area contributed by atoms with Gasteiger partial charge in [-0.1, -0.05) is 6.42 Å². The van der Waals surface area contributed by atoms with Crippen LogP contribution >= 0.6 is 0 Å². The second kappa shape index (κ2) is 7.29. The highest BCUT2D eigenvalue weighted by Crippen LogP contribution is 2.13. The summed E-state index contributed by atoms with van der Waals surface area (Å²) in [5.41, 5.74) is 9.88. The zero-order valence-corrected chi connectivity index (χ0v) is 8.17. The number of carbonyl (C=O) groups is 2. The first-order chi connectivity index (χ1) is 6.56. The summed E-state index contributed by atoms with van der Waals surface area (Å²) in [6, 6.07) is 0.